The first-order valence-electron chi connectivity index (χ1n) is 9.30. The Morgan fingerprint density at radius 3 is 2.37 bits per heavy atom. The van der Waals surface area contributed by atoms with E-state index >= 15 is 0 Å². The van der Waals surface area contributed by atoms with Gasteiger partial charge in [-0.25, -0.2) is 8.42 Å². The summed E-state index contributed by atoms with van der Waals surface area (Å²) < 4.78 is 26.9. The molecule has 0 saturated carbocycles. The Morgan fingerprint density at radius 2 is 1.74 bits per heavy atom. The molecule has 1 heterocycles. The van der Waals surface area contributed by atoms with Gasteiger partial charge in [0.15, 0.2) is 0 Å². The molecule has 1 aliphatic heterocycles. The maximum atomic E-state index is 12.7. The van der Waals surface area contributed by atoms with Gasteiger partial charge in [0.05, 0.1) is 18.0 Å². The Kier molecular flexibility index (Phi) is 5.56. The monoisotopic (exact) mass is 386 g/mol. The molecule has 2 aromatic carbocycles. The molecule has 0 spiro atoms. The number of anilines is 2. The minimum absolute atomic E-state index is 0.0847. The van der Waals surface area contributed by atoms with Crippen molar-refractivity contribution in [3.05, 3.63) is 60.2 Å². The average molecular weight is 387 g/mol. The molecule has 144 valence electrons. The summed E-state index contributed by atoms with van der Waals surface area (Å²) in [5, 5.41) is 0. The van der Waals surface area contributed by atoms with Gasteiger partial charge in [-0.15, -0.1) is 0 Å². The van der Waals surface area contributed by atoms with Gasteiger partial charge in [0.1, 0.15) is 0 Å². The van der Waals surface area contributed by atoms with E-state index in [0.29, 0.717) is 18.5 Å². The molecule has 27 heavy (non-hydrogen) atoms. The summed E-state index contributed by atoms with van der Waals surface area (Å²) in [6.07, 6.45) is 3.06. The maximum Gasteiger partial charge on any atom is 0.232 e. The molecule has 0 bridgehead atoms. The minimum Gasteiger partial charge on any atom is -0.309 e. The van der Waals surface area contributed by atoms with Gasteiger partial charge in [0.25, 0.3) is 0 Å². The highest BCUT2D eigenvalue weighted by Crippen LogP contribution is 2.43. The lowest BCUT2D eigenvalue weighted by molar-refractivity contribution is -0.119. The van der Waals surface area contributed by atoms with Gasteiger partial charge in [-0.2, -0.15) is 0 Å². The molecule has 0 N–H and O–H groups in total. The van der Waals surface area contributed by atoms with Crippen molar-refractivity contribution in [2.75, 3.05) is 15.5 Å². The predicted molar refractivity (Wildman–Crippen MR) is 109 cm³/mol. The summed E-state index contributed by atoms with van der Waals surface area (Å²) >= 11 is 0. The highest BCUT2D eigenvalue weighted by molar-refractivity contribution is 7.92. The van der Waals surface area contributed by atoms with Crippen LogP contribution in [-0.2, 0) is 14.8 Å². The largest absolute Gasteiger partial charge is 0.309 e. The fraction of sp³-hybridized carbons (Fsp3) is 0.381. The Balaban J connectivity index is 2.13. The van der Waals surface area contributed by atoms with Crippen molar-refractivity contribution in [1.82, 2.24) is 0 Å². The summed E-state index contributed by atoms with van der Waals surface area (Å²) in [4.78, 5) is 14.5. The third-order valence-electron chi connectivity index (χ3n) is 4.94. The third kappa shape index (κ3) is 3.86. The summed E-state index contributed by atoms with van der Waals surface area (Å²) in [5.74, 6) is 0.0847. The molecule has 1 aliphatic rings. The van der Waals surface area contributed by atoms with Crippen molar-refractivity contribution in [3.63, 3.8) is 0 Å². The van der Waals surface area contributed by atoms with Crippen molar-refractivity contribution in [3.8, 4) is 0 Å². The van der Waals surface area contributed by atoms with Crippen molar-refractivity contribution < 1.29 is 13.2 Å². The molecule has 0 aliphatic carbocycles. The lowest BCUT2D eigenvalue weighted by Gasteiger charge is -2.43. The number of carbonyl (C=O) groups excluding carboxylic acids is 1. The van der Waals surface area contributed by atoms with Crippen LogP contribution in [0, 0.1) is 0 Å². The molecule has 1 amide bonds. The summed E-state index contributed by atoms with van der Waals surface area (Å²) in [7, 11) is -3.50. The quantitative estimate of drug-likeness (QED) is 0.777. The first kappa shape index (κ1) is 19.4. The number of hydrogen-bond acceptors (Lipinski definition) is 3. The van der Waals surface area contributed by atoms with Crippen molar-refractivity contribution in [1.29, 1.82) is 0 Å². The van der Waals surface area contributed by atoms with Gasteiger partial charge in [-0.3, -0.25) is 9.10 Å². The number of hydrogen-bond donors (Lipinski definition) is 0. The zero-order chi connectivity index (χ0) is 19.6. The number of para-hydroxylation sites is 2. The van der Waals surface area contributed by atoms with Gasteiger partial charge in [-0.05, 0) is 43.5 Å². The molecule has 0 saturated heterocycles. The molecular weight excluding hydrogens is 360 g/mol. The number of carbonyl (C=O) groups is 1. The normalized spacial score (nSPS) is 19.4. The number of nitrogens with zero attached hydrogens (tertiary/aromatic N) is 2. The summed E-state index contributed by atoms with van der Waals surface area (Å²) in [6, 6.07) is 16.4. The third-order valence-corrected chi connectivity index (χ3v) is 6.12. The molecule has 3 rings (SSSR count). The van der Waals surface area contributed by atoms with Gasteiger partial charge in [0, 0.05) is 18.2 Å². The van der Waals surface area contributed by atoms with E-state index in [-0.39, 0.29) is 18.0 Å². The zero-order valence-corrected chi connectivity index (χ0v) is 16.8. The summed E-state index contributed by atoms with van der Waals surface area (Å²) in [5.41, 5.74) is 2.32. The van der Waals surface area contributed by atoms with Crippen LogP contribution in [0.5, 0.6) is 0 Å². The van der Waals surface area contributed by atoms with Crippen LogP contribution in [0.25, 0.3) is 0 Å². The van der Waals surface area contributed by atoms with E-state index < -0.39 is 10.0 Å². The number of sulfonamides is 1. The van der Waals surface area contributed by atoms with Crippen LogP contribution in [0.4, 0.5) is 11.4 Å². The standard InChI is InChI=1S/C21H26N2O3S/c1-4-10-21(24)22-16(2)15-20(18-13-8-9-14-19(18)22)23(27(3,25)26)17-11-6-5-7-12-17/h5-9,11-14,16,20H,4,10,15H2,1-3H3/t16-,20+/m0/s1. The topological polar surface area (TPSA) is 57.7 Å². The Bertz CT molecular complexity index is 912. The van der Waals surface area contributed by atoms with Crippen molar-refractivity contribution >= 4 is 27.3 Å². The van der Waals surface area contributed by atoms with Gasteiger partial charge >= 0.3 is 0 Å². The average Bonchev–Trinajstić information content (AvgIpc) is 2.62. The highest BCUT2D eigenvalue weighted by atomic mass is 32.2. The second-order valence-corrected chi connectivity index (χ2v) is 8.93. The lowest BCUT2D eigenvalue weighted by Crippen LogP contribution is -2.47. The first-order chi connectivity index (χ1) is 12.8. The van der Waals surface area contributed by atoms with E-state index in [1.807, 2.05) is 73.3 Å². The molecule has 0 unspecified atom stereocenters. The van der Waals surface area contributed by atoms with Gasteiger partial charge in [-0.1, -0.05) is 43.3 Å². The van der Waals surface area contributed by atoms with Crippen molar-refractivity contribution in [2.45, 2.75) is 45.2 Å². The van der Waals surface area contributed by atoms with Crippen molar-refractivity contribution in [2.24, 2.45) is 0 Å². The SMILES string of the molecule is CCCC(=O)N1c2ccccc2[C@H](N(c2ccccc2)S(C)(=O)=O)C[C@@H]1C. The molecular formula is C21H26N2O3S. The van der Waals surface area contributed by atoms with Crippen LogP contribution in [-0.4, -0.2) is 26.6 Å². The van der Waals surface area contributed by atoms with E-state index in [1.54, 1.807) is 0 Å². The van der Waals surface area contributed by atoms with Crippen LogP contribution in [0.2, 0.25) is 0 Å². The van der Waals surface area contributed by atoms with Gasteiger partial charge < -0.3 is 4.90 Å². The second kappa shape index (κ2) is 7.72. The molecule has 2 atom stereocenters. The Morgan fingerprint density at radius 1 is 1.11 bits per heavy atom. The minimum atomic E-state index is -3.50. The van der Waals surface area contributed by atoms with Crippen LogP contribution in [0.3, 0.4) is 0 Å². The van der Waals surface area contributed by atoms with Crippen LogP contribution in [0.15, 0.2) is 54.6 Å². The molecule has 0 fully saturated rings. The van der Waals surface area contributed by atoms with E-state index in [4.69, 9.17) is 0 Å². The highest BCUT2D eigenvalue weighted by Gasteiger charge is 2.38. The van der Waals surface area contributed by atoms with E-state index in [1.165, 1.54) is 10.6 Å². The van der Waals surface area contributed by atoms with E-state index in [2.05, 4.69) is 0 Å². The van der Waals surface area contributed by atoms with Gasteiger partial charge in [0.2, 0.25) is 15.9 Å². The molecule has 5 nitrogen and oxygen atoms in total. The number of benzene rings is 2. The van der Waals surface area contributed by atoms with E-state index in [0.717, 1.165) is 17.7 Å². The molecule has 6 heteroatoms. The first-order valence-corrected chi connectivity index (χ1v) is 11.1. The number of rotatable bonds is 5. The summed E-state index contributed by atoms with van der Waals surface area (Å²) in [6.45, 7) is 3.98. The van der Waals surface area contributed by atoms with Crippen LogP contribution < -0.4 is 9.21 Å². The predicted octanol–water partition coefficient (Wildman–Crippen LogP) is 4.12. The Labute approximate surface area is 161 Å². The number of amides is 1. The fourth-order valence-corrected chi connectivity index (χ4v) is 5.06. The fourth-order valence-electron chi connectivity index (χ4n) is 3.90. The maximum absolute atomic E-state index is 12.7. The van der Waals surface area contributed by atoms with Crippen LogP contribution in [0.1, 0.15) is 44.7 Å². The van der Waals surface area contributed by atoms with E-state index in [9.17, 15) is 13.2 Å². The zero-order valence-electron chi connectivity index (χ0n) is 16.0. The number of fused-ring (bicyclic) bond motifs is 1. The lowest BCUT2D eigenvalue weighted by atomic mass is 9.91. The molecule has 0 radical (unpaired) electrons. The molecule has 2 aromatic rings. The van der Waals surface area contributed by atoms with Crippen LogP contribution >= 0.6 is 0 Å². The smallest absolute Gasteiger partial charge is 0.232 e. The second-order valence-electron chi connectivity index (χ2n) is 7.07. The molecule has 0 aromatic heterocycles. The Hall–Kier alpha value is -2.34.